The number of nitrogens with zero attached hydrogens (tertiary/aromatic N) is 1. The van der Waals surface area contributed by atoms with Crippen LogP contribution >= 0.6 is 0 Å². The number of hydrogen-bond acceptors (Lipinski definition) is 3. The summed E-state index contributed by atoms with van der Waals surface area (Å²) in [7, 11) is 2.46. The minimum absolute atomic E-state index is 0.0175. The summed E-state index contributed by atoms with van der Waals surface area (Å²) in [4.78, 5) is 2.55. The van der Waals surface area contributed by atoms with Gasteiger partial charge in [0, 0.05) is 39.1 Å². The summed E-state index contributed by atoms with van der Waals surface area (Å²) in [5, 5.41) is 6.14. The first-order valence-corrected chi connectivity index (χ1v) is 23.7. The van der Waals surface area contributed by atoms with Crippen LogP contribution in [-0.4, -0.2) is 7.28 Å². The Labute approximate surface area is 395 Å². The van der Waals surface area contributed by atoms with Crippen LogP contribution < -0.4 is 21.1 Å². The highest BCUT2D eigenvalue weighted by molar-refractivity contribution is 6.74. The second-order valence-electron chi connectivity index (χ2n) is 19.9. The number of furan rings is 1. The number of rotatable bonds is 7. The van der Waals surface area contributed by atoms with Gasteiger partial charge in [-0.1, -0.05) is 185 Å². The third-order valence-corrected chi connectivity index (χ3v) is 14.7. The summed E-state index contributed by atoms with van der Waals surface area (Å²) in [5.74, 6) is 0. The molecule has 0 amide bonds. The van der Waals surface area contributed by atoms with E-state index in [2.05, 4.69) is 246 Å². The lowest BCUT2D eigenvalue weighted by Crippen LogP contribution is -2.44. The number of fused-ring (bicyclic) bond motifs is 7. The Morgan fingerprint density at radius 3 is 1.72 bits per heavy atom. The Balaban J connectivity index is 1.14. The van der Waals surface area contributed by atoms with Crippen molar-refractivity contribution in [2.24, 2.45) is 0 Å². The Morgan fingerprint density at radius 1 is 0.493 bits per heavy atom. The third-order valence-electron chi connectivity index (χ3n) is 14.7. The van der Waals surface area contributed by atoms with Crippen LogP contribution in [-0.2, 0) is 10.8 Å². The van der Waals surface area contributed by atoms with Crippen molar-refractivity contribution in [3.8, 4) is 44.5 Å². The first-order chi connectivity index (χ1) is 32.6. The van der Waals surface area contributed by atoms with Gasteiger partial charge in [0.1, 0.15) is 5.58 Å². The Bertz CT molecular complexity index is 3520. The smallest absolute Gasteiger partial charge is 0.198 e. The van der Waals surface area contributed by atoms with Gasteiger partial charge >= 0.3 is 0 Å². The fourth-order valence-corrected chi connectivity index (χ4v) is 10.8. The van der Waals surface area contributed by atoms with Crippen molar-refractivity contribution < 1.29 is 4.42 Å². The molecule has 0 fully saturated rings. The highest BCUT2D eigenvalue weighted by Crippen LogP contribution is 2.51. The van der Waals surface area contributed by atoms with Crippen molar-refractivity contribution in [2.75, 3.05) is 10.2 Å². The van der Waals surface area contributed by atoms with Crippen molar-refractivity contribution in [3.05, 3.63) is 211 Å². The molecule has 0 saturated carbocycles. The molecule has 9 aromatic carbocycles. The van der Waals surface area contributed by atoms with E-state index < -0.39 is 0 Å². The molecule has 67 heavy (non-hydrogen) atoms. The molecule has 1 aromatic heterocycles. The van der Waals surface area contributed by atoms with Gasteiger partial charge < -0.3 is 14.6 Å². The molecule has 12 rings (SSSR count). The number of benzene rings is 9. The van der Waals surface area contributed by atoms with Crippen molar-refractivity contribution >= 4 is 68.6 Å². The zero-order chi connectivity index (χ0) is 45.4. The third kappa shape index (κ3) is 7.06. The molecule has 0 saturated heterocycles. The van der Waals surface area contributed by atoms with Crippen molar-refractivity contribution in [3.63, 3.8) is 0 Å². The highest BCUT2D eigenvalue weighted by atomic mass is 16.3. The van der Waals surface area contributed by atoms with Crippen molar-refractivity contribution in [1.29, 1.82) is 0 Å². The van der Waals surface area contributed by atoms with Crippen LogP contribution in [0.4, 0.5) is 28.4 Å². The second kappa shape index (κ2) is 15.8. The Kier molecular flexibility index (Phi) is 9.66. The summed E-state index contributed by atoms with van der Waals surface area (Å²) >= 11 is 0. The maximum atomic E-state index is 7.12. The molecule has 1 N–H and O–H groups in total. The average Bonchev–Trinajstić information content (AvgIpc) is 3.74. The van der Waals surface area contributed by atoms with Crippen molar-refractivity contribution in [2.45, 2.75) is 58.3 Å². The average molecular weight is 864 g/mol. The molecule has 2 heterocycles. The maximum Gasteiger partial charge on any atom is 0.198 e. The van der Waals surface area contributed by atoms with Crippen LogP contribution in [0.1, 0.15) is 57.2 Å². The zero-order valence-electron chi connectivity index (χ0n) is 38.8. The molecule has 323 valence electrons. The monoisotopic (exact) mass is 863 g/mol. The molecule has 4 heteroatoms. The molecule has 3 nitrogen and oxygen atoms in total. The molecule has 0 atom stereocenters. The van der Waals surface area contributed by atoms with Gasteiger partial charge in [-0.15, -0.1) is 0 Å². The van der Waals surface area contributed by atoms with E-state index in [0.29, 0.717) is 0 Å². The van der Waals surface area contributed by atoms with Crippen LogP contribution in [0.15, 0.2) is 199 Å². The van der Waals surface area contributed by atoms with E-state index in [1.807, 2.05) is 0 Å². The van der Waals surface area contributed by atoms with Gasteiger partial charge in [-0.3, -0.25) is 0 Å². The predicted octanol–water partition coefficient (Wildman–Crippen LogP) is 16.1. The van der Waals surface area contributed by atoms with E-state index in [-0.39, 0.29) is 10.8 Å². The number of nitrogens with one attached hydrogen (secondary N) is 1. The van der Waals surface area contributed by atoms with Crippen molar-refractivity contribution in [1.82, 2.24) is 0 Å². The predicted molar refractivity (Wildman–Crippen MR) is 285 cm³/mol. The highest BCUT2D eigenvalue weighted by Gasteiger charge is 2.41. The van der Waals surface area contributed by atoms with Crippen LogP contribution in [0, 0.1) is 6.92 Å². The largest absolute Gasteiger partial charge is 0.454 e. The normalized spacial score (nSPS) is 14.6. The molecular formula is C63H52BN2O. The molecule has 0 bridgehead atoms. The lowest BCUT2D eigenvalue weighted by atomic mass is 9.55. The quantitative estimate of drug-likeness (QED) is 0.162. The molecule has 1 aliphatic carbocycles. The molecule has 0 unspecified atom stereocenters. The number of aryl methyl sites for hydroxylation is 1. The molecular weight excluding hydrogens is 812 g/mol. The number of para-hydroxylation sites is 1. The van der Waals surface area contributed by atoms with Gasteiger partial charge in [0.05, 0.1) is 5.69 Å². The molecule has 1 radical (unpaired) electrons. The zero-order valence-corrected chi connectivity index (χ0v) is 38.8. The number of anilines is 5. The summed E-state index contributed by atoms with van der Waals surface area (Å²) < 4.78 is 7.12. The van der Waals surface area contributed by atoms with Gasteiger partial charge in [0.25, 0.3) is 0 Å². The van der Waals surface area contributed by atoms with Crippen LogP contribution in [0.25, 0.3) is 66.4 Å². The van der Waals surface area contributed by atoms with Gasteiger partial charge in [-0.2, -0.15) is 0 Å². The minimum atomic E-state index is 0.0175. The Hall–Kier alpha value is -7.56. The summed E-state index contributed by atoms with van der Waals surface area (Å²) in [6.45, 7) is 12.0. The topological polar surface area (TPSA) is 28.4 Å². The minimum Gasteiger partial charge on any atom is -0.454 e. The number of hydrogen-bond donors (Lipinski definition) is 1. The second-order valence-corrected chi connectivity index (χ2v) is 19.9. The molecule has 0 spiro atoms. The first kappa shape index (κ1) is 40.9. The van der Waals surface area contributed by atoms with E-state index in [1.165, 1.54) is 55.7 Å². The first-order valence-electron chi connectivity index (χ1n) is 23.7. The molecule has 1 aliphatic heterocycles. The summed E-state index contributed by atoms with van der Waals surface area (Å²) in [5.41, 5.74) is 23.0. The lowest BCUT2D eigenvalue weighted by molar-refractivity contribution is 0.332. The summed E-state index contributed by atoms with van der Waals surface area (Å²) in [6, 6.07) is 70.7. The van der Waals surface area contributed by atoms with E-state index in [9.17, 15) is 0 Å². The van der Waals surface area contributed by atoms with E-state index in [0.717, 1.165) is 79.7 Å². The van der Waals surface area contributed by atoms with Gasteiger partial charge in [-0.05, 0) is 134 Å². The fourth-order valence-electron chi connectivity index (χ4n) is 10.8. The fraction of sp³-hybridized carbons (Fsp3) is 0.143. The Morgan fingerprint density at radius 2 is 1.04 bits per heavy atom. The maximum absolute atomic E-state index is 7.12. The standard InChI is InChI=1S/C63H52BN2O/c1-40-25-26-46(43-21-13-8-14-22-43)36-56(40)66-57-39-53-52(62(2,3)33-34-63(53,4)5)38-54(57)64-59-50(37-51-49-23-15-16-24-58(49)67-61(51)60(59)66)48-32-29-45(42-19-11-7-12-20-42)35-55(48)65-47-30-27-44(28-31-47)41-17-9-6-10-18-41/h6-32,35-39,65H,33-34H2,1-5H3. The summed E-state index contributed by atoms with van der Waals surface area (Å²) in [6.07, 6.45) is 2.28. The van der Waals surface area contributed by atoms with Gasteiger partial charge in [-0.25, -0.2) is 0 Å². The van der Waals surface area contributed by atoms with Gasteiger partial charge in [0.15, 0.2) is 12.9 Å². The molecule has 2 aliphatic rings. The van der Waals surface area contributed by atoms with Crippen LogP contribution in [0.5, 0.6) is 0 Å². The van der Waals surface area contributed by atoms with E-state index in [4.69, 9.17) is 4.42 Å². The van der Waals surface area contributed by atoms with E-state index >= 15 is 0 Å². The van der Waals surface area contributed by atoms with Crippen LogP contribution in [0.2, 0.25) is 0 Å². The molecule has 10 aromatic rings. The lowest BCUT2D eigenvalue weighted by Gasteiger charge is -2.44. The SMILES string of the molecule is Cc1ccc(-c2ccccc2)cc1N1c2cc3c(cc2[B]c2c(-c4ccc(-c5ccccc5)cc4Nc4ccc(-c5ccccc5)cc4)cc4c(oc5ccccc54)c21)C(C)(C)CCC3(C)C. The van der Waals surface area contributed by atoms with E-state index in [1.54, 1.807) is 0 Å². The van der Waals surface area contributed by atoms with Gasteiger partial charge in [0.2, 0.25) is 0 Å². The van der Waals surface area contributed by atoms with Crippen LogP contribution in [0.3, 0.4) is 0 Å².